The molecule has 2 amide bonds. The number of anilines is 2. The SMILES string of the molecule is C[C@H](OC(=O)CNC(=O)c1ccco1)C(=O)Nc1ccc(N2CCOCC2)cc1. The van der Waals surface area contributed by atoms with Crippen molar-refractivity contribution in [2.24, 2.45) is 0 Å². The van der Waals surface area contributed by atoms with Crippen LogP contribution in [0, 0.1) is 0 Å². The Labute approximate surface area is 167 Å². The van der Waals surface area contributed by atoms with Gasteiger partial charge in [0.25, 0.3) is 11.8 Å². The van der Waals surface area contributed by atoms with Gasteiger partial charge in [-0.05, 0) is 43.3 Å². The highest BCUT2D eigenvalue weighted by Crippen LogP contribution is 2.19. The maximum Gasteiger partial charge on any atom is 0.326 e. The molecule has 1 saturated heterocycles. The monoisotopic (exact) mass is 401 g/mol. The molecular formula is C20H23N3O6. The van der Waals surface area contributed by atoms with Gasteiger partial charge in [-0.15, -0.1) is 0 Å². The summed E-state index contributed by atoms with van der Waals surface area (Å²) in [5.41, 5.74) is 1.65. The average molecular weight is 401 g/mol. The predicted octanol–water partition coefficient (Wildman–Crippen LogP) is 1.42. The highest BCUT2D eigenvalue weighted by atomic mass is 16.5. The number of morpholine rings is 1. The Morgan fingerprint density at radius 1 is 1.14 bits per heavy atom. The zero-order valence-electron chi connectivity index (χ0n) is 16.1. The first-order valence-corrected chi connectivity index (χ1v) is 9.28. The lowest BCUT2D eigenvalue weighted by molar-refractivity contribution is -0.152. The van der Waals surface area contributed by atoms with E-state index in [2.05, 4.69) is 15.5 Å². The number of rotatable bonds is 7. The van der Waals surface area contributed by atoms with Crippen LogP contribution in [0.3, 0.4) is 0 Å². The van der Waals surface area contributed by atoms with Crippen LogP contribution in [-0.4, -0.2) is 56.7 Å². The number of esters is 1. The molecule has 1 aromatic heterocycles. The summed E-state index contributed by atoms with van der Waals surface area (Å²) in [7, 11) is 0. The number of hydrogen-bond acceptors (Lipinski definition) is 7. The van der Waals surface area contributed by atoms with Crippen molar-refractivity contribution in [2.45, 2.75) is 13.0 Å². The molecule has 0 spiro atoms. The van der Waals surface area contributed by atoms with E-state index in [0.717, 1.165) is 18.8 Å². The van der Waals surface area contributed by atoms with Gasteiger partial charge in [-0.2, -0.15) is 0 Å². The number of furan rings is 1. The summed E-state index contributed by atoms with van der Waals surface area (Å²) in [4.78, 5) is 38.0. The molecule has 1 fully saturated rings. The molecule has 0 bridgehead atoms. The molecule has 1 aliphatic rings. The lowest BCUT2D eigenvalue weighted by Crippen LogP contribution is -2.36. The molecule has 29 heavy (non-hydrogen) atoms. The van der Waals surface area contributed by atoms with Crippen LogP contribution in [0.1, 0.15) is 17.5 Å². The number of ether oxygens (including phenoxy) is 2. The molecule has 0 aliphatic carbocycles. The van der Waals surface area contributed by atoms with Crippen molar-refractivity contribution < 1.29 is 28.3 Å². The van der Waals surface area contributed by atoms with Gasteiger partial charge >= 0.3 is 5.97 Å². The second-order valence-electron chi connectivity index (χ2n) is 6.43. The Hall–Kier alpha value is -3.33. The standard InChI is InChI=1S/C20H23N3O6/c1-14(29-18(24)13-21-20(26)17-3-2-10-28-17)19(25)22-15-4-6-16(7-5-15)23-8-11-27-12-9-23/h2-7,10,14H,8-9,11-13H2,1H3,(H,21,26)(H,22,25)/t14-/m0/s1. The molecule has 9 nitrogen and oxygen atoms in total. The van der Waals surface area contributed by atoms with E-state index in [9.17, 15) is 14.4 Å². The fraction of sp³-hybridized carbons (Fsp3) is 0.350. The molecule has 1 aliphatic heterocycles. The van der Waals surface area contributed by atoms with Gasteiger partial charge in [0.15, 0.2) is 11.9 Å². The molecule has 154 valence electrons. The second kappa shape index (κ2) is 9.74. The first-order valence-electron chi connectivity index (χ1n) is 9.28. The van der Waals surface area contributed by atoms with Gasteiger partial charge in [0.1, 0.15) is 6.54 Å². The van der Waals surface area contributed by atoms with Crippen molar-refractivity contribution in [3.8, 4) is 0 Å². The molecule has 0 radical (unpaired) electrons. The minimum Gasteiger partial charge on any atom is -0.459 e. The van der Waals surface area contributed by atoms with E-state index < -0.39 is 23.9 Å². The largest absolute Gasteiger partial charge is 0.459 e. The predicted molar refractivity (Wildman–Crippen MR) is 105 cm³/mol. The summed E-state index contributed by atoms with van der Waals surface area (Å²) < 4.78 is 15.3. The number of benzene rings is 1. The van der Waals surface area contributed by atoms with Crippen molar-refractivity contribution in [2.75, 3.05) is 43.1 Å². The van der Waals surface area contributed by atoms with E-state index in [1.807, 2.05) is 12.1 Å². The van der Waals surface area contributed by atoms with Crippen LogP contribution in [-0.2, 0) is 19.1 Å². The van der Waals surface area contributed by atoms with E-state index in [0.29, 0.717) is 18.9 Å². The van der Waals surface area contributed by atoms with Gasteiger partial charge in [-0.1, -0.05) is 0 Å². The van der Waals surface area contributed by atoms with E-state index in [4.69, 9.17) is 13.9 Å². The smallest absolute Gasteiger partial charge is 0.326 e. The zero-order valence-corrected chi connectivity index (χ0v) is 16.1. The molecule has 0 saturated carbocycles. The summed E-state index contributed by atoms with van der Waals surface area (Å²) >= 11 is 0. The number of nitrogens with zero attached hydrogens (tertiary/aromatic N) is 1. The molecule has 0 unspecified atom stereocenters. The topological polar surface area (TPSA) is 110 Å². The van der Waals surface area contributed by atoms with Crippen LogP contribution in [0.4, 0.5) is 11.4 Å². The average Bonchev–Trinajstić information content (AvgIpc) is 3.28. The maximum absolute atomic E-state index is 12.2. The molecule has 3 rings (SSSR count). The molecule has 1 atom stereocenters. The van der Waals surface area contributed by atoms with Gasteiger partial charge in [-0.25, -0.2) is 0 Å². The molecule has 1 aromatic carbocycles. The number of hydrogen-bond donors (Lipinski definition) is 2. The fourth-order valence-corrected chi connectivity index (χ4v) is 2.76. The number of amides is 2. The van der Waals surface area contributed by atoms with Crippen molar-refractivity contribution in [1.82, 2.24) is 5.32 Å². The lowest BCUT2D eigenvalue weighted by Gasteiger charge is -2.28. The van der Waals surface area contributed by atoms with E-state index in [1.165, 1.54) is 19.3 Å². The van der Waals surface area contributed by atoms with Crippen LogP contribution in [0.2, 0.25) is 0 Å². The third-order valence-corrected chi connectivity index (χ3v) is 4.33. The summed E-state index contributed by atoms with van der Waals surface area (Å²) in [6, 6.07) is 10.5. The highest BCUT2D eigenvalue weighted by Gasteiger charge is 2.19. The van der Waals surface area contributed by atoms with Crippen molar-refractivity contribution in [3.05, 3.63) is 48.4 Å². The van der Waals surface area contributed by atoms with Crippen molar-refractivity contribution in [3.63, 3.8) is 0 Å². The Kier molecular flexibility index (Phi) is 6.85. The molecular weight excluding hydrogens is 378 g/mol. The fourth-order valence-electron chi connectivity index (χ4n) is 2.76. The summed E-state index contributed by atoms with van der Waals surface area (Å²) in [6.07, 6.45) is 0.342. The summed E-state index contributed by atoms with van der Waals surface area (Å²) in [6.45, 7) is 4.14. The van der Waals surface area contributed by atoms with Crippen molar-refractivity contribution >= 4 is 29.2 Å². The Balaban J connectivity index is 1.43. The summed E-state index contributed by atoms with van der Waals surface area (Å²) in [5.74, 6) is -1.64. The third-order valence-electron chi connectivity index (χ3n) is 4.33. The number of carbonyl (C=O) groups is 3. The maximum atomic E-state index is 12.2. The highest BCUT2D eigenvalue weighted by molar-refractivity contribution is 5.96. The third kappa shape index (κ3) is 5.82. The quantitative estimate of drug-likeness (QED) is 0.675. The normalized spacial score (nSPS) is 14.7. The van der Waals surface area contributed by atoms with Gasteiger partial charge in [0.05, 0.1) is 19.5 Å². The van der Waals surface area contributed by atoms with E-state index >= 15 is 0 Å². The Morgan fingerprint density at radius 2 is 1.86 bits per heavy atom. The van der Waals surface area contributed by atoms with Crippen LogP contribution >= 0.6 is 0 Å². The summed E-state index contributed by atoms with van der Waals surface area (Å²) in [5, 5.41) is 5.07. The van der Waals surface area contributed by atoms with Crippen LogP contribution < -0.4 is 15.5 Å². The minimum atomic E-state index is -1.01. The van der Waals surface area contributed by atoms with Gasteiger partial charge in [-0.3, -0.25) is 14.4 Å². The first kappa shape index (κ1) is 20.4. The number of nitrogens with one attached hydrogen (secondary N) is 2. The van der Waals surface area contributed by atoms with Gasteiger partial charge in [0.2, 0.25) is 0 Å². The molecule has 2 heterocycles. The van der Waals surface area contributed by atoms with E-state index in [-0.39, 0.29) is 12.3 Å². The van der Waals surface area contributed by atoms with E-state index in [1.54, 1.807) is 18.2 Å². The lowest BCUT2D eigenvalue weighted by atomic mass is 10.2. The molecule has 9 heteroatoms. The van der Waals surface area contributed by atoms with Crippen LogP contribution in [0.15, 0.2) is 47.1 Å². The van der Waals surface area contributed by atoms with Crippen LogP contribution in [0.25, 0.3) is 0 Å². The second-order valence-corrected chi connectivity index (χ2v) is 6.43. The van der Waals surface area contributed by atoms with Crippen molar-refractivity contribution in [1.29, 1.82) is 0 Å². The molecule has 2 aromatic rings. The zero-order chi connectivity index (χ0) is 20.6. The van der Waals surface area contributed by atoms with Crippen LogP contribution in [0.5, 0.6) is 0 Å². The minimum absolute atomic E-state index is 0.0871. The molecule has 2 N–H and O–H groups in total. The van der Waals surface area contributed by atoms with Gasteiger partial charge in [0, 0.05) is 24.5 Å². The number of carbonyl (C=O) groups excluding carboxylic acids is 3. The Morgan fingerprint density at radius 3 is 2.52 bits per heavy atom. The Bertz CT molecular complexity index is 828. The first-order chi connectivity index (χ1) is 14.0. The van der Waals surface area contributed by atoms with Gasteiger partial charge < -0.3 is 29.4 Å².